The van der Waals surface area contributed by atoms with E-state index in [1.54, 1.807) is 28.9 Å². The topological polar surface area (TPSA) is 72.4 Å². The summed E-state index contributed by atoms with van der Waals surface area (Å²) in [5.41, 5.74) is 3.85. The van der Waals surface area contributed by atoms with Crippen LogP contribution >= 0.6 is 0 Å². The van der Waals surface area contributed by atoms with Crippen LogP contribution in [0, 0.1) is 0 Å². The highest BCUT2D eigenvalue weighted by Gasteiger charge is 2.19. The van der Waals surface area contributed by atoms with Crippen molar-refractivity contribution in [1.82, 2.24) is 19.4 Å². The molecule has 3 aromatic heterocycles. The molecule has 0 bridgehead atoms. The maximum absolute atomic E-state index is 12.1. The Labute approximate surface area is 150 Å². The van der Waals surface area contributed by atoms with Crippen LogP contribution in [0.4, 0.5) is 0 Å². The standard InChI is InChI=1S/C20H18N4O2/c1-13(2)24-18(26)11-9-16(21-24)19-17-10-8-15(25)12-23(17)22-20(19)14-6-4-3-5-7-14/h3-13,25H,1-2H3. The van der Waals surface area contributed by atoms with Crippen molar-refractivity contribution < 1.29 is 5.11 Å². The van der Waals surface area contributed by atoms with Gasteiger partial charge in [0, 0.05) is 11.6 Å². The number of nitrogens with zero attached hydrogens (tertiary/aromatic N) is 4. The predicted octanol–water partition coefficient (Wildman–Crippen LogP) is 3.51. The lowest BCUT2D eigenvalue weighted by molar-refractivity contribution is 0.471. The lowest BCUT2D eigenvalue weighted by atomic mass is 10.0. The smallest absolute Gasteiger partial charge is 0.267 e. The lowest BCUT2D eigenvalue weighted by Gasteiger charge is -2.10. The highest BCUT2D eigenvalue weighted by Crippen LogP contribution is 2.34. The second kappa shape index (κ2) is 6.15. The molecule has 6 heteroatoms. The summed E-state index contributed by atoms with van der Waals surface area (Å²) < 4.78 is 3.10. The quantitative estimate of drug-likeness (QED) is 0.616. The average Bonchev–Trinajstić information content (AvgIpc) is 3.01. The molecule has 4 aromatic rings. The van der Waals surface area contributed by atoms with E-state index in [2.05, 4.69) is 10.2 Å². The summed E-state index contributed by atoms with van der Waals surface area (Å²) in [5, 5.41) is 19.0. The molecule has 130 valence electrons. The van der Waals surface area contributed by atoms with Gasteiger partial charge in [-0.25, -0.2) is 9.20 Å². The second-order valence-electron chi connectivity index (χ2n) is 6.40. The van der Waals surface area contributed by atoms with Crippen molar-refractivity contribution in [3.8, 4) is 28.3 Å². The van der Waals surface area contributed by atoms with Gasteiger partial charge in [-0.15, -0.1) is 0 Å². The number of rotatable bonds is 3. The van der Waals surface area contributed by atoms with Gasteiger partial charge in [0.2, 0.25) is 0 Å². The molecule has 0 spiro atoms. The summed E-state index contributed by atoms with van der Waals surface area (Å²) >= 11 is 0. The van der Waals surface area contributed by atoms with Crippen LogP contribution in [0.25, 0.3) is 28.0 Å². The Morgan fingerprint density at radius 1 is 0.962 bits per heavy atom. The number of hydrogen-bond acceptors (Lipinski definition) is 4. The van der Waals surface area contributed by atoms with Crippen LogP contribution in [0.3, 0.4) is 0 Å². The molecule has 0 fully saturated rings. The van der Waals surface area contributed by atoms with E-state index in [1.165, 1.54) is 10.7 Å². The number of fused-ring (bicyclic) bond motifs is 1. The van der Waals surface area contributed by atoms with Crippen molar-refractivity contribution >= 4 is 5.52 Å². The monoisotopic (exact) mass is 346 g/mol. The Morgan fingerprint density at radius 2 is 1.73 bits per heavy atom. The van der Waals surface area contributed by atoms with Gasteiger partial charge in [0.05, 0.1) is 29.0 Å². The van der Waals surface area contributed by atoms with Crippen molar-refractivity contribution in [1.29, 1.82) is 0 Å². The first-order valence-corrected chi connectivity index (χ1v) is 8.41. The molecule has 1 aromatic carbocycles. The van der Waals surface area contributed by atoms with Crippen LogP contribution in [-0.4, -0.2) is 24.5 Å². The molecule has 4 rings (SSSR count). The number of benzene rings is 1. The second-order valence-corrected chi connectivity index (χ2v) is 6.40. The fourth-order valence-corrected chi connectivity index (χ4v) is 3.02. The van der Waals surface area contributed by atoms with Crippen molar-refractivity contribution in [2.75, 3.05) is 0 Å². The number of pyridine rings is 1. The first kappa shape index (κ1) is 16.1. The van der Waals surface area contributed by atoms with Crippen molar-refractivity contribution in [2.24, 2.45) is 0 Å². The minimum absolute atomic E-state index is 0.0477. The van der Waals surface area contributed by atoms with E-state index >= 15 is 0 Å². The molecule has 0 radical (unpaired) electrons. The molecule has 0 amide bonds. The van der Waals surface area contributed by atoms with Gasteiger partial charge in [0.1, 0.15) is 11.4 Å². The maximum Gasteiger partial charge on any atom is 0.267 e. The molecule has 0 saturated heterocycles. The molecular formula is C20H18N4O2. The summed E-state index contributed by atoms with van der Waals surface area (Å²) in [5.74, 6) is 0.131. The van der Waals surface area contributed by atoms with E-state index in [1.807, 2.05) is 44.2 Å². The Bertz CT molecular complexity index is 1140. The number of aromatic nitrogens is 4. The minimum Gasteiger partial charge on any atom is -0.506 e. The fraction of sp³-hybridized carbons (Fsp3) is 0.150. The highest BCUT2D eigenvalue weighted by molar-refractivity contribution is 5.90. The van der Waals surface area contributed by atoms with Gasteiger partial charge in [-0.1, -0.05) is 30.3 Å². The third-order valence-corrected chi connectivity index (χ3v) is 4.23. The predicted molar refractivity (Wildman–Crippen MR) is 100 cm³/mol. The summed E-state index contributed by atoms with van der Waals surface area (Å²) in [7, 11) is 0. The minimum atomic E-state index is -0.140. The molecule has 0 unspecified atom stereocenters. The summed E-state index contributed by atoms with van der Waals surface area (Å²) in [6.45, 7) is 3.84. The average molecular weight is 346 g/mol. The van der Waals surface area contributed by atoms with Crippen LogP contribution in [0.1, 0.15) is 19.9 Å². The van der Waals surface area contributed by atoms with Gasteiger partial charge >= 0.3 is 0 Å². The molecule has 1 N–H and O–H groups in total. The Hall–Kier alpha value is -3.41. The van der Waals surface area contributed by atoms with E-state index in [4.69, 9.17) is 0 Å². The van der Waals surface area contributed by atoms with Gasteiger partial charge in [0.15, 0.2) is 0 Å². The number of aromatic hydroxyl groups is 1. The van der Waals surface area contributed by atoms with Crippen molar-refractivity contribution in [3.05, 3.63) is 71.1 Å². The molecule has 0 atom stereocenters. The molecular weight excluding hydrogens is 328 g/mol. The summed E-state index contributed by atoms with van der Waals surface area (Å²) in [6.07, 6.45) is 1.56. The molecule has 0 aliphatic carbocycles. The van der Waals surface area contributed by atoms with E-state index in [0.29, 0.717) is 5.69 Å². The highest BCUT2D eigenvalue weighted by atomic mass is 16.3. The normalized spacial score (nSPS) is 11.3. The largest absolute Gasteiger partial charge is 0.506 e. The van der Waals surface area contributed by atoms with E-state index in [9.17, 15) is 9.90 Å². The molecule has 0 saturated carbocycles. The van der Waals surface area contributed by atoms with E-state index in [0.717, 1.165) is 22.3 Å². The zero-order chi connectivity index (χ0) is 18.3. The van der Waals surface area contributed by atoms with Gasteiger partial charge in [0.25, 0.3) is 5.56 Å². The number of hydrogen-bond donors (Lipinski definition) is 1. The fourth-order valence-electron chi connectivity index (χ4n) is 3.02. The molecule has 26 heavy (non-hydrogen) atoms. The first-order chi connectivity index (χ1) is 12.5. The zero-order valence-electron chi connectivity index (χ0n) is 14.5. The first-order valence-electron chi connectivity index (χ1n) is 8.41. The third-order valence-electron chi connectivity index (χ3n) is 4.23. The van der Waals surface area contributed by atoms with Gasteiger partial charge in [-0.05, 0) is 32.0 Å². The van der Waals surface area contributed by atoms with E-state index in [-0.39, 0.29) is 17.4 Å². The van der Waals surface area contributed by atoms with Gasteiger partial charge in [-0.2, -0.15) is 10.2 Å². The molecule has 6 nitrogen and oxygen atoms in total. The third kappa shape index (κ3) is 2.65. The Kier molecular flexibility index (Phi) is 3.80. The zero-order valence-corrected chi connectivity index (χ0v) is 14.5. The van der Waals surface area contributed by atoms with Crippen molar-refractivity contribution in [3.63, 3.8) is 0 Å². The van der Waals surface area contributed by atoms with Gasteiger partial charge < -0.3 is 5.11 Å². The Morgan fingerprint density at radius 3 is 2.46 bits per heavy atom. The van der Waals surface area contributed by atoms with E-state index < -0.39 is 0 Å². The SMILES string of the molecule is CC(C)n1nc(-c2c(-c3ccccc3)nn3cc(O)ccc23)ccc1=O. The van der Waals surface area contributed by atoms with Crippen LogP contribution in [0.15, 0.2) is 65.6 Å². The Balaban J connectivity index is 2.05. The molecule has 0 aliphatic rings. The maximum atomic E-state index is 12.1. The van der Waals surface area contributed by atoms with Crippen LogP contribution < -0.4 is 5.56 Å². The molecule has 3 heterocycles. The van der Waals surface area contributed by atoms with Crippen LogP contribution in [0.2, 0.25) is 0 Å². The van der Waals surface area contributed by atoms with Crippen LogP contribution in [-0.2, 0) is 0 Å². The van der Waals surface area contributed by atoms with Crippen molar-refractivity contribution in [2.45, 2.75) is 19.9 Å². The summed E-state index contributed by atoms with van der Waals surface area (Å²) in [4.78, 5) is 12.1. The van der Waals surface area contributed by atoms with Crippen LogP contribution in [0.5, 0.6) is 5.75 Å². The summed E-state index contributed by atoms with van der Waals surface area (Å²) in [6, 6.07) is 16.4. The lowest BCUT2D eigenvalue weighted by Crippen LogP contribution is -2.23. The molecule has 0 aliphatic heterocycles. The van der Waals surface area contributed by atoms with Gasteiger partial charge in [-0.3, -0.25) is 4.79 Å².